The molecule has 4 rings (SSSR count). The lowest BCUT2D eigenvalue weighted by atomic mass is 9.92. The predicted octanol–water partition coefficient (Wildman–Crippen LogP) is 2.87. The summed E-state index contributed by atoms with van der Waals surface area (Å²) in [4.78, 5) is 52.8. The summed E-state index contributed by atoms with van der Waals surface area (Å²) in [5, 5.41) is 5.81. The first-order chi connectivity index (χ1) is 14.8. The van der Waals surface area contributed by atoms with Gasteiger partial charge in [-0.05, 0) is 43.2 Å². The highest BCUT2D eigenvalue weighted by Gasteiger charge is 2.49. The summed E-state index contributed by atoms with van der Waals surface area (Å²) in [5.41, 5.74) is 0.258. The van der Waals surface area contributed by atoms with Crippen molar-refractivity contribution in [2.24, 2.45) is 0 Å². The number of nitrogens with one attached hydrogen (secondary N) is 2. The number of rotatable bonds is 5. The fourth-order valence-electron chi connectivity index (χ4n) is 3.89. The van der Waals surface area contributed by atoms with Gasteiger partial charge >= 0.3 is 6.03 Å². The van der Waals surface area contributed by atoms with E-state index in [-0.39, 0.29) is 5.91 Å². The van der Waals surface area contributed by atoms with Crippen LogP contribution in [-0.2, 0) is 19.9 Å². The molecule has 31 heavy (non-hydrogen) atoms. The number of carbonyl (C=O) groups excluding carboxylic acids is 4. The van der Waals surface area contributed by atoms with Crippen molar-refractivity contribution in [1.29, 1.82) is 0 Å². The fourth-order valence-corrected chi connectivity index (χ4v) is 4.08. The predicted molar refractivity (Wildman–Crippen MR) is 116 cm³/mol. The van der Waals surface area contributed by atoms with Crippen molar-refractivity contribution in [2.45, 2.75) is 25.3 Å². The molecular formula is C22H21ClN4O4. The molecule has 2 aliphatic heterocycles. The lowest BCUT2D eigenvalue weighted by Crippen LogP contribution is -2.42. The topological polar surface area (TPSA) is 98.8 Å². The molecule has 1 unspecified atom stereocenters. The van der Waals surface area contributed by atoms with E-state index in [4.69, 9.17) is 11.6 Å². The van der Waals surface area contributed by atoms with E-state index < -0.39 is 29.9 Å². The van der Waals surface area contributed by atoms with E-state index in [9.17, 15) is 19.2 Å². The number of amides is 5. The van der Waals surface area contributed by atoms with Crippen LogP contribution in [0.2, 0.25) is 5.02 Å². The van der Waals surface area contributed by atoms with Gasteiger partial charge < -0.3 is 15.5 Å². The van der Waals surface area contributed by atoms with Gasteiger partial charge in [0.15, 0.2) is 0 Å². The molecule has 2 saturated heterocycles. The van der Waals surface area contributed by atoms with Crippen LogP contribution in [0.4, 0.5) is 16.2 Å². The van der Waals surface area contributed by atoms with Crippen LogP contribution in [0, 0.1) is 0 Å². The molecule has 2 aromatic carbocycles. The van der Waals surface area contributed by atoms with Crippen LogP contribution >= 0.6 is 11.6 Å². The van der Waals surface area contributed by atoms with Gasteiger partial charge in [-0.1, -0.05) is 35.9 Å². The van der Waals surface area contributed by atoms with E-state index in [0.29, 0.717) is 34.9 Å². The number of imide groups is 1. The first-order valence-corrected chi connectivity index (χ1v) is 10.3. The quantitative estimate of drug-likeness (QED) is 0.698. The molecule has 0 bridgehead atoms. The molecule has 0 saturated carbocycles. The van der Waals surface area contributed by atoms with Crippen molar-refractivity contribution in [2.75, 3.05) is 23.3 Å². The highest BCUT2D eigenvalue weighted by molar-refractivity contribution is 6.30. The lowest BCUT2D eigenvalue weighted by Gasteiger charge is -2.23. The molecule has 1 atom stereocenters. The van der Waals surface area contributed by atoms with Crippen LogP contribution in [-0.4, -0.2) is 41.7 Å². The summed E-state index contributed by atoms with van der Waals surface area (Å²) in [6.45, 7) is 1.70. The number of halogens is 1. The number of anilines is 2. The Hall–Kier alpha value is -3.39. The van der Waals surface area contributed by atoms with Crippen LogP contribution in [0.5, 0.6) is 0 Å². The van der Waals surface area contributed by atoms with Gasteiger partial charge in [-0.2, -0.15) is 0 Å². The first kappa shape index (κ1) is 20.9. The molecule has 2 aromatic rings. The summed E-state index contributed by atoms with van der Waals surface area (Å²) in [6, 6.07) is 12.9. The molecular weight excluding hydrogens is 420 g/mol. The molecule has 2 fully saturated rings. The van der Waals surface area contributed by atoms with E-state index in [0.717, 1.165) is 11.3 Å². The second-order valence-electron chi connectivity index (χ2n) is 7.67. The van der Waals surface area contributed by atoms with Gasteiger partial charge in [-0.25, -0.2) is 4.79 Å². The van der Waals surface area contributed by atoms with Crippen LogP contribution < -0.4 is 15.5 Å². The Morgan fingerprint density at radius 3 is 2.65 bits per heavy atom. The summed E-state index contributed by atoms with van der Waals surface area (Å²) in [7, 11) is 0. The van der Waals surface area contributed by atoms with E-state index >= 15 is 0 Å². The normalized spacial score (nSPS) is 20.9. The van der Waals surface area contributed by atoms with Gasteiger partial charge in [0, 0.05) is 18.0 Å². The number of hydrogen-bond acceptors (Lipinski definition) is 4. The summed E-state index contributed by atoms with van der Waals surface area (Å²) < 4.78 is 0. The molecule has 8 nitrogen and oxygen atoms in total. The SMILES string of the molecule is CC1(c2cccc(Cl)c2)NC(=O)N(CC(=O)Nc2ccccc2N2CCCC2=O)C1=O. The van der Waals surface area contributed by atoms with Crippen LogP contribution in [0.15, 0.2) is 48.5 Å². The second-order valence-corrected chi connectivity index (χ2v) is 8.11. The standard InChI is InChI=1S/C22H21ClN4O4/c1-22(14-6-4-7-15(23)12-14)20(30)27(21(31)25-22)13-18(28)24-16-8-2-3-9-17(16)26-11-5-10-19(26)29/h2-4,6-9,12H,5,10-11,13H2,1H3,(H,24,28)(H,25,31). The minimum Gasteiger partial charge on any atom is -0.323 e. The average Bonchev–Trinajstić information content (AvgIpc) is 3.25. The Morgan fingerprint density at radius 1 is 1.16 bits per heavy atom. The van der Waals surface area contributed by atoms with Crippen molar-refractivity contribution < 1.29 is 19.2 Å². The van der Waals surface area contributed by atoms with Crippen molar-refractivity contribution in [1.82, 2.24) is 10.2 Å². The largest absolute Gasteiger partial charge is 0.325 e. The number of carbonyl (C=O) groups is 4. The van der Waals surface area contributed by atoms with E-state index in [1.54, 1.807) is 60.4 Å². The van der Waals surface area contributed by atoms with E-state index in [2.05, 4.69) is 10.6 Å². The number of benzene rings is 2. The molecule has 0 aliphatic carbocycles. The number of urea groups is 1. The Kier molecular flexibility index (Phi) is 5.41. The maximum Gasteiger partial charge on any atom is 0.325 e. The second kappa shape index (κ2) is 8.03. The Balaban J connectivity index is 1.50. The van der Waals surface area contributed by atoms with Crippen molar-refractivity contribution >= 4 is 46.7 Å². The van der Waals surface area contributed by atoms with Crippen LogP contribution in [0.1, 0.15) is 25.3 Å². The molecule has 0 spiro atoms. The van der Waals surface area contributed by atoms with Crippen molar-refractivity contribution in [3.8, 4) is 0 Å². The monoisotopic (exact) mass is 440 g/mol. The maximum atomic E-state index is 13.0. The zero-order chi connectivity index (χ0) is 22.2. The third kappa shape index (κ3) is 3.86. The molecule has 5 amide bonds. The Bertz CT molecular complexity index is 1090. The zero-order valence-electron chi connectivity index (χ0n) is 16.9. The lowest BCUT2D eigenvalue weighted by molar-refractivity contribution is -0.133. The smallest absolute Gasteiger partial charge is 0.323 e. The minimum absolute atomic E-state index is 0.00640. The first-order valence-electron chi connectivity index (χ1n) is 9.89. The highest BCUT2D eigenvalue weighted by atomic mass is 35.5. The number of hydrogen-bond donors (Lipinski definition) is 2. The minimum atomic E-state index is -1.32. The van der Waals surface area contributed by atoms with Gasteiger partial charge in [0.25, 0.3) is 5.91 Å². The summed E-state index contributed by atoms with van der Waals surface area (Å²) >= 11 is 6.03. The van der Waals surface area contributed by atoms with Crippen LogP contribution in [0.3, 0.4) is 0 Å². The average molecular weight is 441 g/mol. The molecule has 160 valence electrons. The van der Waals surface area contributed by atoms with E-state index in [1.165, 1.54) is 0 Å². The summed E-state index contributed by atoms with van der Waals surface area (Å²) in [5.74, 6) is -1.09. The zero-order valence-corrected chi connectivity index (χ0v) is 17.6. The molecule has 2 heterocycles. The van der Waals surface area contributed by atoms with Gasteiger partial charge in [-0.3, -0.25) is 19.3 Å². The van der Waals surface area contributed by atoms with Crippen molar-refractivity contribution in [3.05, 3.63) is 59.1 Å². The third-order valence-electron chi connectivity index (χ3n) is 5.52. The number of nitrogens with zero attached hydrogens (tertiary/aromatic N) is 2. The molecule has 2 N–H and O–H groups in total. The highest BCUT2D eigenvalue weighted by Crippen LogP contribution is 2.31. The molecule has 9 heteroatoms. The van der Waals surface area contributed by atoms with Gasteiger partial charge in [-0.15, -0.1) is 0 Å². The molecule has 0 aromatic heterocycles. The van der Waals surface area contributed by atoms with Crippen molar-refractivity contribution in [3.63, 3.8) is 0 Å². The third-order valence-corrected chi connectivity index (χ3v) is 5.76. The molecule has 0 radical (unpaired) electrons. The Morgan fingerprint density at radius 2 is 1.94 bits per heavy atom. The van der Waals surface area contributed by atoms with Gasteiger partial charge in [0.05, 0.1) is 11.4 Å². The Labute approximate surface area is 184 Å². The fraction of sp³-hybridized carbons (Fsp3) is 0.273. The summed E-state index contributed by atoms with van der Waals surface area (Å²) in [6.07, 6.45) is 1.22. The number of para-hydroxylation sites is 2. The molecule has 2 aliphatic rings. The maximum absolute atomic E-state index is 13.0. The van der Waals surface area contributed by atoms with Gasteiger partial charge in [0.2, 0.25) is 11.8 Å². The van der Waals surface area contributed by atoms with E-state index in [1.807, 2.05) is 0 Å². The van der Waals surface area contributed by atoms with Crippen LogP contribution in [0.25, 0.3) is 0 Å². The van der Waals surface area contributed by atoms with Gasteiger partial charge in [0.1, 0.15) is 12.1 Å².